The number of hydrogen-bond donors (Lipinski definition) is 2. The summed E-state index contributed by atoms with van der Waals surface area (Å²) in [6, 6.07) is 10.4. The van der Waals surface area contributed by atoms with E-state index in [2.05, 4.69) is 10.3 Å². The Hall–Kier alpha value is -3.32. The van der Waals surface area contributed by atoms with Crippen molar-refractivity contribution in [3.63, 3.8) is 0 Å². The third-order valence-electron chi connectivity index (χ3n) is 3.61. The van der Waals surface area contributed by atoms with E-state index in [1.807, 2.05) is 6.07 Å². The number of nitriles is 1. The molecule has 0 aliphatic carbocycles. The first kappa shape index (κ1) is 21.0. The van der Waals surface area contributed by atoms with Gasteiger partial charge >= 0.3 is 12.2 Å². The fourth-order valence-electron chi connectivity index (χ4n) is 2.16. The van der Waals surface area contributed by atoms with Crippen molar-refractivity contribution in [1.29, 1.82) is 5.26 Å². The summed E-state index contributed by atoms with van der Waals surface area (Å²) >= 11 is 0. The smallest absolute Gasteiger partial charge is 0.416 e. The normalized spacial score (nSPS) is 12.0. The second kappa shape index (κ2) is 9.05. The Morgan fingerprint density at radius 3 is 2.71 bits per heavy atom. The number of carbonyl (C=O) groups excluding carboxylic acids is 1. The maximum absolute atomic E-state index is 12.5. The zero-order valence-electron chi connectivity index (χ0n) is 14.8. The van der Waals surface area contributed by atoms with Gasteiger partial charge in [0.1, 0.15) is 17.3 Å². The van der Waals surface area contributed by atoms with Crippen LogP contribution in [0.3, 0.4) is 0 Å². The van der Waals surface area contributed by atoms with Crippen LogP contribution in [0.5, 0.6) is 11.5 Å². The third-order valence-corrected chi connectivity index (χ3v) is 3.61. The highest BCUT2D eigenvalue weighted by Crippen LogP contribution is 2.24. The summed E-state index contributed by atoms with van der Waals surface area (Å²) in [4.78, 5) is 16.9. The second-order valence-electron chi connectivity index (χ2n) is 5.64. The first-order chi connectivity index (χ1) is 13.2. The molecule has 0 spiro atoms. The number of aliphatic hydroxyl groups is 1. The maximum atomic E-state index is 12.5. The number of benzene rings is 1. The van der Waals surface area contributed by atoms with Gasteiger partial charge in [-0.3, -0.25) is 5.32 Å². The van der Waals surface area contributed by atoms with Crippen LogP contribution in [-0.4, -0.2) is 46.4 Å². The van der Waals surface area contributed by atoms with Crippen molar-refractivity contribution < 1.29 is 27.8 Å². The van der Waals surface area contributed by atoms with E-state index in [0.29, 0.717) is 17.1 Å². The topological polar surface area (TPSA) is 98.5 Å². The molecule has 2 rings (SSSR count). The molecular formula is C18H17F3N4O3. The number of urea groups is 1. The van der Waals surface area contributed by atoms with Crippen molar-refractivity contribution in [2.75, 3.05) is 18.4 Å². The summed E-state index contributed by atoms with van der Waals surface area (Å²) in [5.74, 6) is 0.753. The third kappa shape index (κ3) is 5.85. The molecule has 148 valence electrons. The number of carbonyl (C=O) groups is 1. The van der Waals surface area contributed by atoms with Crippen LogP contribution in [0.1, 0.15) is 12.5 Å². The number of pyridine rings is 1. The number of nitrogens with zero attached hydrogens (tertiary/aromatic N) is 3. The summed E-state index contributed by atoms with van der Waals surface area (Å²) < 4.78 is 43.1. The Morgan fingerprint density at radius 1 is 1.36 bits per heavy atom. The molecule has 0 aliphatic rings. The Kier molecular flexibility index (Phi) is 6.79. The van der Waals surface area contributed by atoms with Crippen LogP contribution in [-0.2, 0) is 0 Å². The number of aromatic nitrogens is 1. The van der Waals surface area contributed by atoms with Gasteiger partial charge in [0.2, 0.25) is 0 Å². The molecule has 1 aromatic carbocycles. The van der Waals surface area contributed by atoms with E-state index >= 15 is 0 Å². The summed E-state index contributed by atoms with van der Waals surface area (Å²) in [6.45, 7) is 0.539. The van der Waals surface area contributed by atoms with Crippen LogP contribution in [0, 0.1) is 11.3 Å². The van der Waals surface area contributed by atoms with Gasteiger partial charge in [0.15, 0.2) is 6.10 Å². The van der Waals surface area contributed by atoms with Crippen molar-refractivity contribution in [2.24, 2.45) is 0 Å². The Bertz CT molecular complexity index is 868. The zero-order chi connectivity index (χ0) is 20.7. The lowest BCUT2D eigenvalue weighted by Gasteiger charge is -2.25. The molecule has 1 atom stereocenters. The molecule has 0 aliphatic heterocycles. The molecule has 2 amide bonds. The minimum Gasteiger partial charge on any atom is -0.457 e. The van der Waals surface area contributed by atoms with Crippen LogP contribution >= 0.6 is 0 Å². The highest BCUT2D eigenvalue weighted by molar-refractivity contribution is 5.88. The molecule has 0 bridgehead atoms. The number of rotatable bonds is 6. The molecule has 10 heteroatoms. The monoisotopic (exact) mass is 394 g/mol. The number of alkyl halides is 3. The first-order valence-corrected chi connectivity index (χ1v) is 8.17. The minimum atomic E-state index is -4.82. The molecule has 0 saturated carbocycles. The summed E-state index contributed by atoms with van der Waals surface area (Å²) in [5, 5.41) is 20.4. The molecule has 0 fully saturated rings. The average molecular weight is 394 g/mol. The van der Waals surface area contributed by atoms with E-state index in [-0.39, 0.29) is 12.4 Å². The number of anilines is 1. The van der Waals surface area contributed by atoms with Crippen molar-refractivity contribution in [3.05, 3.63) is 48.2 Å². The maximum Gasteiger partial charge on any atom is 0.416 e. The van der Waals surface area contributed by atoms with Gasteiger partial charge in [-0.2, -0.15) is 18.4 Å². The van der Waals surface area contributed by atoms with Gasteiger partial charge in [-0.05, 0) is 31.2 Å². The lowest BCUT2D eigenvalue weighted by atomic mass is 10.2. The van der Waals surface area contributed by atoms with E-state index in [1.165, 1.54) is 31.3 Å². The highest BCUT2D eigenvalue weighted by Gasteiger charge is 2.39. The van der Waals surface area contributed by atoms with Gasteiger partial charge in [-0.1, -0.05) is 6.07 Å². The lowest BCUT2D eigenvalue weighted by Crippen LogP contribution is -2.45. The summed E-state index contributed by atoms with van der Waals surface area (Å²) in [6.07, 6.45) is -6.12. The predicted octanol–water partition coefficient (Wildman–Crippen LogP) is 3.52. The van der Waals surface area contributed by atoms with Gasteiger partial charge in [-0.25, -0.2) is 9.78 Å². The van der Waals surface area contributed by atoms with Crippen molar-refractivity contribution >= 4 is 11.8 Å². The van der Waals surface area contributed by atoms with Crippen molar-refractivity contribution in [1.82, 2.24) is 9.88 Å². The molecule has 7 nitrogen and oxygen atoms in total. The number of halogens is 3. The number of amides is 2. The van der Waals surface area contributed by atoms with E-state index in [9.17, 15) is 18.0 Å². The number of aliphatic hydroxyl groups excluding tert-OH is 1. The van der Waals surface area contributed by atoms with E-state index in [1.54, 1.807) is 18.2 Å². The molecule has 0 unspecified atom stereocenters. The summed E-state index contributed by atoms with van der Waals surface area (Å²) in [5.41, 5.74) is 0.405. The van der Waals surface area contributed by atoms with Gasteiger partial charge in [-0.15, -0.1) is 0 Å². The highest BCUT2D eigenvalue weighted by atomic mass is 19.4. The van der Waals surface area contributed by atoms with Crippen LogP contribution in [0.15, 0.2) is 42.6 Å². The number of ether oxygens (including phenoxy) is 1. The first-order valence-electron chi connectivity index (χ1n) is 8.17. The molecule has 2 N–H and O–H groups in total. The second-order valence-corrected chi connectivity index (χ2v) is 5.64. The largest absolute Gasteiger partial charge is 0.457 e. The lowest BCUT2D eigenvalue weighted by molar-refractivity contribution is -0.206. The summed E-state index contributed by atoms with van der Waals surface area (Å²) in [7, 11) is 0. The van der Waals surface area contributed by atoms with Crippen molar-refractivity contribution in [3.8, 4) is 17.6 Å². The zero-order valence-corrected chi connectivity index (χ0v) is 14.8. The van der Waals surface area contributed by atoms with Crippen molar-refractivity contribution in [2.45, 2.75) is 19.2 Å². The molecule has 2 aromatic rings. The van der Waals surface area contributed by atoms with Gasteiger partial charge in [0, 0.05) is 18.8 Å². The Balaban J connectivity index is 2.06. The quantitative estimate of drug-likeness (QED) is 0.781. The molecule has 0 radical (unpaired) electrons. The van der Waals surface area contributed by atoms with Crippen LogP contribution in [0.25, 0.3) is 0 Å². The molecular weight excluding hydrogens is 377 g/mol. The number of likely N-dealkylation sites (N-methyl/N-ethyl adjacent to an activating group) is 1. The SMILES string of the molecule is CCN(C[C@@H](O)C(F)(F)F)C(=O)Nc1cc(Oc2cccc(C#N)c2)ccn1. The minimum absolute atomic E-state index is 0.0455. The van der Waals surface area contributed by atoms with E-state index < -0.39 is 24.9 Å². The average Bonchev–Trinajstić information content (AvgIpc) is 2.65. The molecule has 28 heavy (non-hydrogen) atoms. The Morgan fingerprint density at radius 2 is 2.07 bits per heavy atom. The van der Waals surface area contributed by atoms with Crippen LogP contribution in [0.4, 0.5) is 23.8 Å². The fraction of sp³-hybridized carbons (Fsp3) is 0.278. The fourth-order valence-corrected chi connectivity index (χ4v) is 2.16. The van der Waals surface area contributed by atoms with Crippen LogP contribution in [0.2, 0.25) is 0 Å². The van der Waals surface area contributed by atoms with Gasteiger partial charge < -0.3 is 14.7 Å². The molecule has 1 heterocycles. The van der Waals surface area contributed by atoms with E-state index in [0.717, 1.165) is 4.90 Å². The molecule has 0 saturated heterocycles. The van der Waals surface area contributed by atoms with E-state index in [4.69, 9.17) is 15.1 Å². The predicted molar refractivity (Wildman–Crippen MR) is 93.8 cm³/mol. The number of nitrogens with one attached hydrogen (secondary N) is 1. The van der Waals surface area contributed by atoms with Gasteiger partial charge in [0.25, 0.3) is 0 Å². The Labute approximate surface area is 159 Å². The van der Waals surface area contributed by atoms with Crippen LogP contribution < -0.4 is 10.1 Å². The number of hydrogen-bond acceptors (Lipinski definition) is 5. The standard InChI is InChI=1S/C18H17F3N4O3/c1-2-25(11-15(26)18(19,20)21)17(27)24-16-9-14(6-7-23-16)28-13-5-3-4-12(8-13)10-22/h3-9,15,26H,2,11H2,1H3,(H,23,24,27)/t15-/m1/s1. The molecule has 1 aromatic heterocycles. The van der Waals surface area contributed by atoms with Gasteiger partial charge in [0.05, 0.1) is 18.2 Å².